The van der Waals surface area contributed by atoms with E-state index in [9.17, 15) is 4.79 Å². The number of likely N-dealkylation sites (tertiary alicyclic amines) is 1. The largest absolute Gasteiger partial charge is 0.375 e. The Kier molecular flexibility index (Phi) is 5.34. The van der Waals surface area contributed by atoms with E-state index in [2.05, 4.69) is 22.3 Å². The lowest BCUT2D eigenvalue weighted by atomic mass is 10.0. The van der Waals surface area contributed by atoms with Crippen molar-refractivity contribution in [1.82, 2.24) is 10.2 Å². The highest BCUT2D eigenvalue weighted by Crippen LogP contribution is 2.34. The minimum absolute atomic E-state index is 0.116. The van der Waals surface area contributed by atoms with Crippen LogP contribution >= 0.6 is 0 Å². The van der Waals surface area contributed by atoms with E-state index in [0.29, 0.717) is 31.1 Å². The van der Waals surface area contributed by atoms with Crippen LogP contribution in [0.1, 0.15) is 31.2 Å². The Morgan fingerprint density at radius 1 is 1.24 bits per heavy atom. The lowest BCUT2D eigenvalue weighted by Crippen LogP contribution is -2.31. The highest BCUT2D eigenvalue weighted by Gasteiger charge is 2.42. The molecule has 0 bridgehead atoms. The molecule has 1 N–H and O–H groups in total. The summed E-state index contributed by atoms with van der Waals surface area (Å²) < 4.78 is 11.9. The molecule has 2 saturated heterocycles. The molecule has 0 radical (unpaired) electrons. The first-order valence-electron chi connectivity index (χ1n) is 9.55. The summed E-state index contributed by atoms with van der Waals surface area (Å²) in [5.41, 5.74) is 1.22. The van der Waals surface area contributed by atoms with Gasteiger partial charge in [-0.05, 0) is 24.8 Å². The number of fused-ring (bicyclic) bond motifs is 1. The van der Waals surface area contributed by atoms with E-state index in [0.717, 1.165) is 45.5 Å². The normalized spacial score (nSPS) is 28.9. The molecular formula is C20H28N2O3. The molecule has 2 heterocycles. The summed E-state index contributed by atoms with van der Waals surface area (Å²) in [7, 11) is 0. The molecule has 3 atom stereocenters. The Morgan fingerprint density at radius 2 is 2.08 bits per heavy atom. The van der Waals surface area contributed by atoms with Gasteiger partial charge in [-0.2, -0.15) is 0 Å². The Labute approximate surface area is 149 Å². The molecule has 2 aliphatic heterocycles. The predicted molar refractivity (Wildman–Crippen MR) is 95.1 cm³/mol. The molecule has 0 spiro atoms. The molecule has 3 aliphatic rings. The Bertz CT molecular complexity index is 562. The van der Waals surface area contributed by atoms with Crippen LogP contribution < -0.4 is 5.32 Å². The van der Waals surface area contributed by atoms with Crippen molar-refractivity contribution < 1.29 is 14.3 Å². The lowest BCUT2D eigenvalue weighted by molar-refractivity contribution is -0.123. The van der Waals surface area contributed by atoms with Crippen LogP contribution in [-0.4, -0.2) is 55.3 Å². The van der Waals surface area contributed by atoms with E-state index in [1.807, 2.05) is 18.2 Å². The maximum absolute atomic E-state index is 11.9. The van der Waals surface area contributed by atoms with E-state index in [4.69, 9.17) is 9.47 Å². The van der Waals surface area contributed by atoms with Gasteiger partial charge in [-0.25, -0.2) is 0 Å². The van der Waals surface area contributed by atoms with Gasteiger partial charge in [0.25, 0.3) is 0 Å². The smallest absolute Gasteiger partial charge is 0.222 e. The highest BCUT2D eigenvalue weighted by atomic mass is 16.5. The number of amides is 1. The maximum atomic E-state index is 11.9. The molecule has 5 heteroatoms. The molecule has 1 aromatic rings. The molecule has 1 aromatic carbocycles. The van der Waals surface area contributed by atoms with Crippen LogP contribution in [0.15, 0.2) is 30.3 Å². The van der Waals surface area contributed by atoms with E-state index in [1.54, 1.807) is 0 Å². The summed E-state index contributed by atoms with van der Waals surface area (Å²) in [6.45, 7) is 4.42. The van der Waals surface area contributed by atoms with Crippen LogP contribution in [-0.2, 0) is 20.9 Å². The second-order valence-electron chi connectivity index (χ2n) is 7.64. The molecule has 3 fully saturated rings. The van der Waals surface area contributed by atoms with Gasteiger partial charge in [0, 0.05) is 31.6 Å². The van der Waals surface area contributed by atoms with Gasteiger partial charge in [-0.15, -0.1) is 0 Å². The van der Waals surface area contributed by atoms with Crippen molar-refractivity contribution in [1.29, 1.82) is 0 Å². The van der Waals surface area contributed by atoms with Gasteiger partial charge in [0.2, 0.25) is 5.91 Å². The first-order chi connectivity index (χ1) is 12.3. The van der Waals surface area contributed by atoms with Gasteiger partial charge in [0.15, 0.2) is 0 Å². The van der Waals surface area contributed by atoms with Crippen molar-refractivity contribution in [3.8, 4) is 0 Å². The maximum Gasteiger partial charge on any atom is 0.222 e. The number of hydrogen-bond donors (Lipinski definition) is 1. The summed E-state index contributed by atoms with van der Waals surface area (Å²) in [6.07, 6.45) is 4.25. The summed E-state index contributed by atoms with van der Waals surface area (Å²) >= 11 is 0. The fraction of sp³-hybridized carbons (Fsp3) is 0.650. The van der Waals surface area contributed by atoms with Crippen molar-refractivity contribution in [3.05, 3.63) is 35.9 Å². The molecular weight excluding hydrogens is 316 g/mol. The van der Waals surface area contributed by atoms with Crippen LogP contribution in [0.3, 0.4) is 0 Å². The first-order valence-corrected chi connectivity index (χ1v) is 9.55. The summed E-state index contributed by atoms with van der Waals surface area (Å²) in [5, 5.41) is 3.06. The van der Waals surface area contributed by atoms with E-state index < -0.39 is 0 Å². The third-order valence-electron chi connectivity index (χ3n) is 5.41. The summed E-state index contributed by atoms with van der Waals surface area (Å²) in [6, 6.07) is 10.7. The van der Waals surface area contributed by atoms with Crippen molar-refractivity contribution in [3.63, 3.8) is 0 Å². The average Bonchev–Trinajstić information content (AvgIpc) is 3.21. The molecule has 1 aliphatic carbocycles. The van der Waals surface area contributed by atoms with E-state index in [1.165, 1.54) is 5.56 Å². The molecule has 25 heavy (non-hydrogen) atoms. The number of nitrogens with zero attached hydrogens (tertiary/aromatic N) is 1. The number of carbonyl (C=O) groups excluding carboxylic acids is 1. The second kappa shape index (κ2) is 7.85. The van der Waals surface area contributed by atoms with Crippen LogP contribution in [0, 0.1) is 5.92 Å². The average molecular weight is 344 g/mol. The quantitative estimate of drug-likeness (QED) is 0.733. The van der Waals surface area contributed by atoms with E-state index in [-0.39, 0.29) is 12.0 Å². The summed E-state index contributed by atoms with van der Waals surface area (Å²) in [4.78, 5) is 14.3. The minimum atomic E-state index is 0.116. The Hall–Kier alpha value is -1.43. The SMILES string of the molecule is O=C(C[C@H]1C[C@H]2CN(CCOCc3ccccc3)C[C@H]2O1)NC1CC1. The molecule has 0 aromatic heterocycles. The number of rotatable bonds is 8. The molecule has 4 rings (SSSR count). The second-order valence-corrected chi connectivity index (χ2v) is 7.64. The molecule has 5 nitrogen and oxygen atoms in total. The lowest BCUT2D eigenvalue weighted by Gasteiger charge is -2.19. The van der Waals surface area contributed by atoms with Gasteiger partial charge >= 0.3 is 0 Å². The number of nitrogens with one attached hydrogen (secondary N) is 1. The number of benzene rings is 1. The fourth-order valence-corrected chi connectivity index (χ4v) is 3.94. The zero-order chi connectivity index (χ0) is 17.1. The number of ether oxygens (including phenoxy) is 2. The van der Waals surface area contributed by atoms with Crippen molar-refractivity contribution in [2.24, 2.45) is 5.92 Å². The van der Waals surface area contributed by atoms with Crippen molar-refractivity contribution >= 4 is 5.91 Å². The highest BCUT2D eigenvalue weighted by molar-refractivity contribution is 5.77. The fourth-order valence-electron chi connectivity index (χ4n) is 3.94. The molecule has 1 saturated carbocycles. The molecule has 0 unspecified atom stereocenters. The zero-order valence-corrected chi connectivity index (χ0v) is 14.7. The summed E-state index contributed by atoms with van der Waals surface area (Å²) in [5.74, 6) is 0.742. The zero-order valence-electron chi connectivity index (χ0n) is 14.7. The predicted octanol–water partition coefficient (Wildman–Crippen LogP) is 1.96. The van der Waals surface area contributed by atoms with Crippen LogP contribution in [0.2, 0.25) is 0 Å². The van der Waals surface area contributed by atoms with Gasteiger partial charge in [0.1, 0.15) is 0 Å². The first kappa shape index (κ1) is 17.0. The van der Waals surface area contributed by atoms with Crippen molar-refractivity contribution in [2.75, 3.05) is 26.2 Å². The monoisotopic (exact) mass is 344 g/mol. The van der Waals surface area contributed by atoms with Crippen LogP contribution in [0.25, 0.3) is 0 Å². The standard InChI is InChI=1S/C20H28N2O3/c23-20(21-17-6-7-17)11-18-10-16-12-22(13-19(16)25-18)8-9-24-14-15-4-2-1-3-5-15/h1-5,16-19H,6-14H2,(H,21,23)/t16-,18+,19+/m0/s1. The third-order valence-corrected chi connectivity index (χ3v) is 5.41. The van der Waals surface area contributed by atoms with Gasteiger partial charge in [0.05, 0.1) is 31.8 Å². The minimum Gasteiger partial charge on any atom is -0.375 e. The van der Waals surface area contributed by atoms with E-state index >= 15 is 0 Å². The van der Waals surface area contributed by atoms with Crippen molar-refractivity contribution in [2.45, 2.75) is 50.5 Å². The van der Waals surface area contributed by atoms with Gasteiger partial charge in [-0.1, -0.05) is 30.3 Å². The molecule has 1 amide bonds. The Balaban J connectivity index is 1.11. The number of hydrogen-bond acceptors (Lipinski definition) is 4. The Morgan fingerprint density at radius 3 is 2.84 bits per heavy atom. The van der Waals surface area contributed by atoms with Crippen LogP contribution in [0.5, 0.6) is 0 Å². The molecule has 136 valence electrons. The number of carbonyl (C=O) groups is 1. The van der Waals surface area contributed by atoms with Crippen LogP contribution in [0.4, 0.5) is 0 Å². The van der Waals surface area contributed by atoms with Gasteiger partial charge in [-0.3, -0.25) is 9.69 Å². The topological polar surface area (TPSA) is 50.8 Å². The van der Waals surface area contributed by atoms with Gasteiger partial charge < -0.3 is 14.8 Å². The third kappa shape index (κ3) is 4.81.